The van der Waals surface area contributed by atoms with Crippen molar-refractivity contribution < 1.29 is 4.74 Å². The molecule has 2 rings (SSSR count). The van der Waals surface area contributed by atoms with Crippen LogP contribution in [0.5, 0.6) is 0 Å². The zero-order chi connectivity index (χ0) is 18.8. The van der Waals surface area contributed by atoms with Gasteiger partial charge in [-0.05, 0) is 44.4 Å². The fraction of sp³-hybridized carbons (Fsp3) is 0.600. The normalized spacial score (nSPS) is 16.5. The molecule has 6 heteroatoms. The van der Waals surface area contributed by atoms with Gasteiger partial charge in [-0.3, -0.25) is 4.99 Å². The lowest BCUT2D eigenvalue weighted by atomic mass is 10.1. The maximum Gasteiger partial charge on any atom is 0.191 e. The predicted molar refractivity (Wildman–Crippen MR) is 105 cm³/mol. The average Bonchev–Trinajstić information content (AvgIpc) is 2.66. The minimum absolute atomic E-state index is 0.303. The molecule has 0 atom stereocenters. The topological polar surface area (TPSA) is 72.7 Å². The van der Waals surface area contributed by atoms with Gasteiger partial charge in [0.15, 0.2) is 5.96 Å². The summed E-state index contributed by atoms with van der Waals surface area (Å²) in [5.74, 6) is 0.814. The number of rotatable bonds is 7. The summed E-state index contributed by atoms with van der Waals surface area (Å²) in [6, 6.07) is 10.2. The first-order valence-electron chi connectivity index (χ1n) is 9.41. The second-order valence-corrected chi connectivity index (χ2v) is 6.92. The number of likely N-dealkylation sites (tertiary alicyclic amines) is 1. The fourth-order valence-corrected chi connectivity index (χ4v) is 3.04. The summed E-state index contributed by atoms with van der Waals surface area (Å²) < 4.78 is 5.64. The number of nitrogens with zero attached hydrogens (tertiary/aromatic N) is 3. The number of benzene rings is 1. The van der Waals surface area contributed by atoms with Crippen LogP contribution in [0.3, 0.4) is 0 Å². The Kier molecular flexibility index (Phi) is 8.39. The summed E-state index contributed by atoms with van der Waals surface area (Å²) >= 11 is 0. The van der Waals surface area contributed by atoms with Crippen molar-refractivity contribution in [2.24, 2.45) is 4.99 Å². The number of hydrogen-bond donors (Lipinski definition) is 2. The van der Waals surface area contributed by atoms with E-state index in [1.807, 2.05) is 24.3 Å². The van der Waals surface area contributed by atoms with Gasteiger partial charge in [-0.1, -0.05) is 12.1 Å². The van der Waals surface area contributed by atoms with Crippen molar-refractivity contribution in [2.75, 3.05) is 33.3 Å². The molecular formula is C20H31N5O. The fourth-order valence-electron chi connectivity index (χ4n) is 3.04. The van der Waals surface area contributed by atoms with E-state index in [0.717, 1.165) is 50.6 Å². The average molecular weight is 358 g/mol. The number of nitriles is 1. The molecule has 0 aromatic heterocycles. The van der Waals surface area contributed by atoms with E-state index in [4.69, 9.17) is 10.00 Å². The zero-order valence-corrected chi connectivity index (χ0v) is 16.2. The maximum absolute atomic E-state index is 8.99. The van der Waals surface area contributed by atoms with E-state index in [0.29, 0.717) is 24.3 Å². The van der Waals surface area contributed by atoms with Gasteiger partial charge >= 0.3 is 0 Å². The van der Waals surface area contributed by atoms with Crippen LogP contribution in [0.4, 0.5) is 0 Å². The molecule has 1 aromatic rings. The highest BCUT2D eigenvalue weighted by Gasteiger charge is 2.19. The van der Waals surface area contributed by atoms with Crippen LogP contribution in [0, 0.1) is 11.3 Å². The van der Waals surface area contributed by atoms with Gasteiger partial charge in [-0.15, -0.1) is 0 Å². The lowest BCUT2D eigenvalue weighted by molar-refractivity contribution is 0.0532. The Morgan fingerprint density at radius 2 is 2.15 bits per heavy atom. The quantitative estimate of drug-likeness (QED) is 0.578. The van der Waals surface area contributed by atoms with Crippen molar-refractivity contribution in [3.8, 4) is 6.07 Å². The van der Waals surface area contributed by atoms with E-state index >= 15 is 0 Å². The monoisotopic (exact) mass is 357 g/mol. The molecule has 1 aliphatic rings. The van der Waals surface area contributed by atoms with Crippen LogP contribution in [0.25, 0.3) is 0 Å². The first-order chi connectivity index (χ1) is 12.6. The van der Waals surface area contributed by atoms with E-state index in [1.165, 1.54) is 0 Å². The Morgan fingerprint density at radius 1 is 1.38 bits per heavy atom. The van der Waals surface area contributed by atoms with Gasteiger partial charge in [-0.25, -0.2) is 0 Å². The summed E-state index contributed by atoms with van der Waals surface area (Å²) in [6.45, 7) is 8.78. The lowest BCUT2D eigenvalue weighted by Gasteiger charge is -2.33. The van der Waals surface area contributed by atoms with Gasteiger partial charge in [0.25, 0.3) is 0 Å². The summed E-state index contributed by atoms with van der Waals surface area (Å²) in [4.78, 5) is 6.79. The van der Waals surface area contributed by atoms with Crippen LogP contribution >= 0.6 is 0 Å². The third-order valence-electron chi connectivity index (χ3n) is 4.53. The van der Waals surface area contributed by atoms with E-state index in [1.54, 1.807) is 7.05 Å². The molecule has 1 aliphatic heterocycles. The number of aliphatic imine (C=N–C) groups is 1. The van der Waals surface area contributed by atoms with Crippen molar-refractivity contribution in [1.82, 2.24) is 15.5 Å². The third kappa shape index (κ3) is 7.03. The van der Waals surface area contributed by atoms with Crippen molar-refractivity contribution in [3.05, 3.63) is 35.4 Å². The van der Waals surface area contributed by atoms with Gasteiger partial charge in [0, 0.05) is 39.3 Å². The summed E-state index contributed by atoms with van der Waals surface area (Å²) in [5.41, 5.74) is 1.76. The molecule has 1 saturated heterocycles. The molecule has 1 fully saturated rings. The van der Waals surface area contributed by atoms with Crippen molar-refractivity contribution >= 4 is 5.96 Å². The van der Waals surface area contributed by atoms with Gasteiger partial charge in [0.2, 0.25) is 0 Å². The van der Waals surface area contributed by atoms with E-state index in [-0.39, 0.29) is 0 Å². The maximum atomic E-state index is 8.99. The molecule has 142 valence electrons. The van der Waals surface area contributed by atoms with Crippen LogP contribution in [0.2, 0.25) is 0 Å². The van der Waals surface area contributed by atoms with E-state index in [9.17, 15) is 0 Å². The Labute approximate surface area is 157 Å². The summed E-state index contributed by atoms with van der Waals surface area (Å²) in [7, 11) is 1.79. The molecule has 6 nitrogen and oxygen atoms in total. The van der Waals surface area contributed by atoms with Crippen molar-refractivity contribution in [3.63, 3.8) is 0 Å². The predicted octanol–water partition coefficient (Wildman–Crippen LogP) is 2.11. The largest absolute Gasteiger partial charge is 0.377 e. The van der Waals surface area contributed by atoms with E-state index in [2.05, 4.69) is 40.4 Å². The Morgan fingerprint density at radius 3 is 2.81 bits per heavy atom. The molecule has 1 aromatic carbocycles. The van der Waals surface area contributed by atoms with Crippen LogP contribution in [0.1, 0.15) is 37.8 Å². The SMILES string of the molecule is CN=C(NCc1cccc(C#N)c1)NC1CCN(CCOC(C)C)CC1. The summed E-state index contributed by atoms with van der Waals surface area (Å²) in [5, 5.41) is 15.8. The number of piperidine rings is 1. The minimum Gasteiger partial charge on any atom is -0.377 e. The number of guanidine groups is 1. The Bertz CT molecular complexity index is 615. The molecule has 0 saturated carbocycles. The number of hydrogen-bond acceptors (Lipinski definition) is 4. The first kappa shape index (κ1) is 20.2. The molecule has 1 heterocycles. The molecular weight excluding hydrogens is 326 g/mol. The number of nitrogens with one attached hydrogen (secondary N) is 2. The Balaban J connectivity index is 1.71. The molecule has 26 heavy (non-hydrogen) atoms. The highest BCUT2D eigenvalue weighted by Crippen LogP contribution is 2.10. The molecule has 2 N–H and O–H groups in total. The van der Waals surface area contributed by atoms with Gasteiger partial charge in [-0.2, -0.15) is 5.26 Å². The number of ether oxygens (including phenoxy) is 1. The standard InChI is InChI=1S/C20H31N5O/c1-16(2)26-12-11-25-9-7-19(8-10-25)24-20(22-3)23-15-18-6-4-5-17(13-18)14-21/h4-6,13,16,19H,7-12,15H2,1-3H3,(H2,22,23,24). The molecule has 0 radical (unpaired) electrons. The van der Waals surface area contributed by atoms with Gasteiger partial charge in [0.05, 0.1) is 24.3 Å². The van der Waals surface area contributed by atoms with Crippen molar-refractivity contribution in [1.29, 1.82) is 5.26 Å². The smallest absolute Gasteiger partial charge is 0.191 e. The highest BCUT2D eigenvalue weighted by atomic mass is 16.5. The molecule has 0 bridgehead atoms. The van der Waals surface area contributed by atoms with Crippen LogP contribution < -0.4 is 10.6 Å². The second kappa shape index (κ2) is 10.8. The third-order valence-corrected chi connectivity index (χ3v) is 4.53. The molecule has 0 unspecified atom stereocenters. The molecule has 0 amide bonds. The van der Waals surface area contributed by atoms with Crippen molar-refractivity contribution in [2.45, 2.75) is 45.4 Å². The highest BCUT2D eigenvalue weighted by molar-refractivity contribution is 5.79. The molecule has 0 aliphatic carbocycles. The van der Waals surface area contributed by atoms with Crippen LogP contribution in [-0.2, 0) is 11.3 Å². The minimum atomic E-state index is 0.303. The van der Waals surface area contributed by atoms with E-state index < -0.39 is 0 Å². The van der Waals surface area contributed by atoms with Crippen LogP contribution in [-0.4, -0.2) is 56.3 Å². The van der Waals surface area contributed by atoms with Gasteiger partial charge in [0.1, 0.15) is 0 Å². The van der Waals surface area contributed by atoms with Crippen LogP contribution in [0.15, 0.2) is 29.3 Å². The zero-order valence-electron chi connectivity index (χ0n) is 16.2. The Hall–Kier alpha value is -2.10. The summed E-state index contributed by atoms with van der Waals surface area (Å²) in [6.07, 6.45) is 2.51. The second-order valence-electron chi connectivity index (χ2n) is 6.92. The van der Waals surface area contributed by atoms with Gasteiger partial charge < -0.3 is 20.3 Å². The lowest BCUT2D eigenvalue weighted by Crippen LogP contribution is -2.49. The first-order valence-corrected chi connectivity index (χ1v) is 9.41. The molecule has 0 spiro atoms.